The van der Waals surface area contributed by atoms with Crippen LogP contribution in [0.3, 0.4) is 0 Å². The number of ether oxygens (including phenoxy) is 1. The van der Waals surface area contributed by atoms with E-state index in [0.29, 0.717) is 17.8 Å². The first-order valence-corrected chi connectivity index (χ1v) is 24.3. The normalized spacial score (nSPS) is 18.4. The van der Waals surface area contributed by atoms with Crippen LogP contribution in [0.4, 0.5) is 0 Å². The maximum absolute atomic E-state index is 10.8. The minimum absolute atomic E-state index is 0.469. The molecule has 0 spiro atoms. The fourth-order valence-electron chi connectivity index (χ4n) is 7.91. The highest BCUT2D eigenvalue weighted by Gasteiger charge is 2.30. The van der Waals surface area contributed by atoms with Gasteiger partial charge >= 0.3 is 0 Å². The Bertz CT molecular complexity index is 1730. The standard InChI is InChI=1S/C59H94O3/c1-44(2)24-15-25-45(3)26-16-27-46(4)28-17-29-47(5)30-18-31-48(6)32-19-33-49(7)34-20-35-50(8)36-21-37-51(9)38-22-39-52(10)40-23-41-53(11)42-43-56-54(12)58(61)59(62-14)55(13)57(56)60/h24,26,28,30,32,34,36,38,40,42,57-58,60-61H,15-23,25,27,29,31,33,35,37,39,41,43H2,1-14H3/b45-26+,46-28+,47-30+,48-32+,49-34+,50-36+,51-38+,52-40+,53-42+. The summed E-state index contributed by atoms with van der Waals surface area (Å²) in [5, 5.41) is 21.4. The summed E-state index contributed by atoms with van der Waals surface area (Å²) in [5.41, 5.74) is 17.1. The van der Waals surface area contributed by atoms with Crippen molar-refractivity contribution >= 4 is 0 Å². The minimum Gasteiger partial charge on any atom is -0.498 e. The molecule has 0 fully saturated rings. The Labute approximate surface area is 383 Å². The van der Waals surface area contributed by atoms with Crippen LogP contribution in [-0.4, -0.2) is 29.5 Å². The first-order chi connectivity index (χ1) is 29.4. The summed E-state index contributed by atoms with van der Waals surface area (Å²) < 4.78 is 5.33. The van der Waals surface area contributed by atoms with Crippen LogP contribution in [0.1, 0.15) is 212 Å². The Kier molecular flexibility index (Phi) is 30.3. The number of hydrogen-bond donors (Lipinski definition) is 2. The van der Waals surface area contributed by atoms with E-state index < -0.39 is 12.2 Å². The van der Waals surface area contributed by atoms with Crippen LogP contribution in [0.5, 0.6) is 0 Å². The second-order valence-electron chi connectivity index (χ2n) is 19.1. The van der Waals surface area contributed by atoms with Crippen molar-refractivity contribution < 1.29 is 14.9 Å². The molecule has 0 aromatic carbocycles. The Hall–Kier alpha value is -3.40. The number of hydrogen-bond acceptors (Lipinski definition) is 3. The molecule has 1 aliphatic carbocycles. The highest BCUT2D eigenvalue weighted by atomic mass is 16.5. The minimum atomic E-state index is -0.774. The van der Waals surface area contributed by atoms with Gasteiger partial charge < -0.3 is 14.9 Å². The van der Waals surface area contributed by atoms with Crippen LogP contribution in [-0.2, 0) is 4.74 Å². The van der Waals surface area contributed by atoms with Gasteiger partial charge in [-0.15, -0.1) is 0 Å². The highest BCUT2D eigenvalue weighted by Crippen LogP contribution is 2.33. The zero-order valence-electron chi connectivity index (χ0n) is 42.7. The molecule has 0 saturated heterocycles. The van der Waals surface area contributed by atoms with Crippen LogP contribution in [0.15, 0.2) is 139 Å². The maximum atomic E-state index is 10.8. The summed E-state index contributed by atoms with van der Waals surface area (Å²) in [4.78, 5) is 0. The molecule has 348 valence electrons. The summed E-state index contributed by atoms with van der Waals surface area (Å²) in [6, 6.07) is 0. The summed E-state index contributed by atoms with van der Waals surface area (Å²) in [6.45, 7) is 28.5. The molecule has 0 heterocycles. The quantitative estimate of drug-likeness (QED) is 0.0708. The van der Waals surface area contributed by atoms with Gasteiger partial charge in [0.15, 0.2) is 0 Å². The molecule has 3 nitrogen and oxygen atoms in total. The average Bonchev–Trinajstić information content (AvgIpc) is 3.20. The molecule has 62 heavy (non-hydrogen) atoms. The van der Waals surface area contributed by atoms with Crippen LogP contribution in [0.2, 0.25) is 0 Å². The smallest absolute Gasteiger partial charge is 0.132 e. The molecule has 0 bridgehead atoms. The lowest BCUT2D eigenvalue weighted by atomic mass is 9.85. The number of aliphatic hydroxyl groups excluding tert-OH is 2. The third kappa shape index (κ3) is 26.3. The molecule has 3 heteroatoms. The fraction of sp³-hybridized carbons (Fsp3) is 0.593. The van der Waals surface area contributed by atoms with Gasteiger partial charge in [0.2, 0.25) is 0 Å². The van der Waals surface area contributed by atoms with Gasteiger partial charge in [-0.3, -0.25) is 0 Å². The zero-order valence-corrected chi connectivity index (χ0v) is 42.7. The van der Waals surface area contributed by atoms with Crippen molar-refractivity contribution in [1.29, 1.82) is 0 Å². The summed E-state index contributed by atoms with van der Waals surface area (Å²) in [7, 11) is 1.55. The fourth-order valence-corrected chi connectivity index (χ4v) is 7.91. The van der Waals surface area contributed by atoms with Crippen molar-refractivity contribution in [1.82, 2.24) is 0 Å². The number of allylic oxidation sites excluding steroid dienone is 20. The third-order valence-corrected chi connectivity index (χ3v) is 12.5. The van der Waals surface area contributed by atoms with E-state index in [9.17, 15) is 10.2 Å². The molecular formula is C59H94O3. The van der Waals surface area contributed by atoms with E-state index in [1.54, 1.807) is 7.11 Å². The first kappa shape index (κ1) is 56.6. The van der Waals surface area contributed by atoms with E-state index in [1.165, 1.54) is 81.4 Å². The van der Waals surface area contributed by atoms with Gasteiger partial charge in [-0.2, -0.15) is 0 Å². The second-order valence-corrected chi connectivity index (χ2v) is 19.1. The van der Waals surface area contributed by atoms with Gasteiger partial charge in [0.05, 0.1) is 7.11 Å². The summed E-state index contributed by atoms with van der Waals surface area (Å²) in [6.07, 6.45) is 43.6. The molecule has 0 aliphatic heterocycles. The average molecular weight is 851 g/mol. The Balaban J connectivity index is 2.29. The van der Waals surface area contributed by atoms with E-state index in [4.69, 9.17) is 4.74 Å². The van der Waals surface area contributed by atoms with Crippen molar-refractivity contribution in [2.45, 2.75) is 224 Å². The molecule has 0 aromatic rings. The van der Waals surface area contributed by atoms with Crippen molar-refractivity contribution in [2.24, 2.45) is 0 Å². The SMILES string of the molecule is COC1=C(C)C(O)C(C/C=C(\C)CC/C=C(\C)CC/C=C(\C)CC/C=C(\C)CC/C=C(\C)CC/C=C(\C)CC/C=C(\C)CC/C=C(\C)CC/C=C(\C)CCC=C(C)C)=C(C)C1O. The lowest BCUT2D eigenvalue weighted by molar-refractivity contribution is 0.127. The molecule has 0 saturated carbocycles. The molecule has 1 aliphatic rings. The molecule has 2 unspecified atom stereocenters. The lowest BCUT2D eigenvalue weighted by Gasteiger charge is -2.30. The Morgan fingerprint density at radius 1 is 0.371 bits per heavy atom. The second kappa shape index (κ2) is 33.2. The molecule has 1 rings (SSSR count). The number of rotatable bonds is 30. The van der Waals surface area contributed by atoms with Gasteiger partial charge in [0.1, 0.15) is 18.0 Å². The van der Waals surface area contributed by atoms with Crippen LogP contribution >= 0.6 is 0 Å². The van der Waals surface area contributed by atoms with Crippen LogP contribution < -0.4 is 0 Å². The monoisotopic (exact) mass is 851 g/mol. The van der Waals surface area contributed by atoms with Gasteiger partial charge in [-0.05, 0) is 223 Å². The molecule has 2 atom stereocenters. The Morgan fingerprint density at radius 3 is 0.855 bits per heavy atom. The molecule has 0 aromatic heterocycles. The third-order valence-electron chi connectivity index (χ3n) is 12.5. The largest absolute Gasteiger partial charge is 0.498 e. The van der Waals surface area contributed by atoms with Gasteiger partial charge in [-0.1, -0.05) is 116 Å². The van der Waals surface area contributed by atoms with E-state index in [0.717, 1.165) is 101 Å². The van der Waals surface area contributed by atoms with Gasteiger partial charge in [-0.25, -0.2) is 0 Å². The van der Waals surface area contributed by atoms with E-state index in [-0.39, 0.29) is 0 Å². The summed E-state index contributed by atoms with van der Waals surface area (Å²) >= 11 is 0. The topological polar surface area (TPSA) is 49.7 Å². The highest BCUT2D eigenvalue weighted by molar-refractivity contribution is 5.40. The van der Waals surface area contributed by atoms with Crippen molar-refractivity contribution in [3.8, 4) is 0 Å². The molecule has 2 N–H and O–H groups in total. The van der Waals surface area contributed by atoms with Crippen molar-refractivity contribution in [3.63, 3.8) is 0 Å². The maximum Gasteiger partial charge on any atom is 0.132 e. The van der Waals surface area contributed by atoms with Crippen molar-refractivity contribution in [3.05, 3.63) is 139 Å². The zero-order chi connectivity index (χ0) is 46.5. The number of aliphatic hydroxyl groups is 2. The van der Waals surface area contributed by atoms with Gasteiger partial charge in [0, 0.05) is 5.57 Å². The molecule has 0 radical (unpaired) electrons. The van der Waals surface area contributed by atoms with Crippen LogP contribution in [0.25, 0.3) is 0 Å². The number of methoxy groups -OCH3 is 1. The predicted molar refractivity (Wildman–Crippen MR) is 275 cm³/mol. The molecular weight excluding hydrogens is 757 g/mol. The van der Waals surface area contributed by atoms with E-state index in [2.05, 4.69) is 137 Å². The van der Waals surface area contributed by atoms with Crippen molar-refractivity contribution in [2.75, 3.05) is 7.11 Å². The van der Waals surface area contributed by atoms with E-state index in [1.807, 2.05) is 13.8 Å². The summed E-state index contributed by atoms with van der Waals surface area (Å²) in [5.74, 6) is 0.469. The van der Waals surface area contributed by atoms with Crippen LogP contribution in [0, 0.1) is 0 Å². The van der Waals surface area contributed by atoms with E-state index >= 15 is 0 Å². The first-order valence-electron chi connectivity index (χ1n) is 24.3. The lowest BCUT2D eigenvalue weighted by Crippen LogP contribution is -2.29. The van der Waals surface area contributed by atoms with Gasteiger partial charge in [0.25, 0.3) is 0 Å². The predicted octanol–water partition coefficient (Wildman–Crippen LogP) is 17.9. The molecule has 0 amide bonds. The Morgan fingerprint density at radius 2 is 0.613 bits per heavy atom.